The van der Waals surface area contributed by atoms with Crippen molar-refractivity contribution < 1.29 is 8.91 Å². The number of aromatic amines is 1. The van der Waals surface area contributed by atoms with Gasteiger partial charge in [-0.2, -0.15) is 0 Å². The molecule has 0 aliphatic rings. The van der Waals surface area contributed by atoms with Gasteiger partial charge in [-0.3, -0.25) is 0 Å². The number of nitrogens with zero attached hydrogens (tertiary/aromatic N) is 1. The first-order valence-electron chi connectivity index (χ1n) is 5.16. The quantitative estimate of drug-likeness (QED) is 0.676. The van der Waals surface area contributed by atoms with E-state index in [1.807, 2.05) is 13.0 Å². The SMILES string of the molecule is Cc1[nH]c2c(F)cccc2c1-c1cc(N)on1. The minimum Gasteiger partial charge on any atom is -0.368 e. The van der Waals surface area contributed by atoms with Gasteiger partial charge in [-0.1, -0.05) is 17.3 Å². The highest BCUT2D eigenvalue weighted by molar-refractivity contribution is 5.96. The van der Waals surface area contributed by atoms with Gasteiger partial charge in [-0.25, -0.2) is 4.39 Å². The van der Waals surface area contributed by atoms with Gasteiger partial charge in [0.15, 0.2) is 0 Å². The van der Waals surface area contributed by atoms with E-state index in [-0.39, 0.29) is 11.7 Å². The standard InChI is InChI=1S/C12H10FN3O/c1-6-11(9-5-10(14)17-16-9)7-3-2-4-8(13)12(7)15-6/h2-5,15H,14H2,1H3. The van der Waals surface area contributed by atoms with Gasteiger partial charge in [0.05, 0.1) is 5.52 Å². The zero-order valence-corrected chi connectivity index (χ0v) is 9.12. The number of halogens is 1. The monoisotopic (exact) mass is 231 g/mol. The molecule has 0 saturated heterocycles. The van der Waals surface area contributed by atoms with Gasteiger partial charge in [-0.05, 0) is 13.0 Å². The molecule has 2 aromatic heterocycles. The molecule has 0 fully saturated rings. The smallest absolute Gasteiger partial charge is 0.222 e. The third-order valence-electron chi connectivity index (χ3n) is 2.75. The maximum atomic E-state index is 13.6. The van der Waals surface area contributed by atoms with Gasteiger partial charge >= 0.3 is 0 Å². The van der Waals surface area contributed by atoms with Crippen molar-refractivity contribution in [2.24, 2.45) is 0 Å². The number of benzene rings is 1. The number of hydrogen-bond acceptors (Lipinski definition) is 3. The first-order valence-corrected chi connectivity index (χ1v) is 5.16. The van der Waals surface area contributed by atoms with E-state index in [1.54, 1.807) is 12.1 Å². The van der Waals surface area contributed by atoms with Gasteiger partial charge < -0.3 is 15.2 Å². The molecule has 86 valence electrons. The molecule has 0 bridgehead atoms. The van der Waals surface area contributed by atoms with Crippen LogP contribution in [-0.2, 0) is 0 Å². The van der Waals surface area contributed by atoms with Crippen molar-refractivity contribution in [3.8, 4) is 11.3 Å². The van der Waals surface area contributed by atoms with Crippen LogP contribution in [0.5, 0.6) is 0 Å². The zero-order valence-electron chi connectivity index (χ0n) is 9.12. The highest BCUT2D eigenvalue weighted by Crippen LogP contribution is 2.32. The molecule has 0 unspecified atom stereocenters. The highest BCUT2D eigenvalue weighted by Gasteiger charge is 2.15. The molecule has 3 N–H and O–H groups in total. The van der Waals surface area contributed by atoms with Gasteiger partial charge in [0.2, 0.25) is 5.88 Å². The summed E-state index contributed by atoms with van der Waals surface area (Å²) in [4.78, 5) is 3.01. The summed E-state index contributed by atoms with van der Waals surface area (Å²) >= 11 is 0. The topological polar surface area (TPSA) is 67.8 Å². The summed E-state index contributed by atoms with van der Waals surface area (Å²) in [5, 5.41) is 4.63. The molecule has 2 heterocycles. The zero-order chi connectivity index (χ0) is 12.0. The summed E-state index contributed by atoms with van der Waals surface area (Å²) in [6.45, 7) is 1.86. The molecule has 3 aromatic rings. The fourth-order valence-electron chi connectivity index (χ4n) is 2.05. The molecular formula is C12H10FN3O. The van der Waals surface area contributed by atoms with Crippen molar-refractivity contribution in [3.63, 3.8) is 0 Å². The predicted octanol–water partition coefficient (Wildman–Crippen LogP) is 2.85. The fourth-order valence-corrected chi connectivity index (χ4v) is 2.05. The number of rotatable bonds is 1. The Morgan fingerprint density at radius 2 is 2.24 bits per heavy atom. The second-order valence-corrected chi connectivity index (χ2v) is 3.90. The van der Waals surface area contributed by atoms with Crippen LogP contribution in [0.3, 0.4) is 0 Å². The van der Waals surface area contributed by atoms with Crippen molar-refractivity contribution in [3.05, 3.63) is 35.8 Å². The Morgan fingerprint density at radius 3 is 2.94 bits per heavy atom. The molecule has 0 aliphatic carbocycles. The summed E-state index contributed by atoms with van der Waals surface area (Å²) < 4.78 is 18.4. The summed E-state index contributed by atoms with van der Waals surface area (Å²) in [5.41, 5.74) is 8.23. The molecule has 0 amide bonds. The number of anilines is 1. The van der Waals surface area contributed by atoms with E-state index in [4.69, 9.17) is 10.3 Å². The number of para-hydroxylation sites is 1. The van der Waals surface area contributed by atoms with E-state index in [0.717, 1.165) is 16.6 Å². The molecule has 0 aliphatic heterocycles. The van der Waals surface area contributed by atoms with Crippen LogP contribution in [0.4, 0.5) is 10.3 Å². The molecule has 0 spiro atoms. The van der Waals surface area contributed by atoms with Crippen molar-refractivity contribution in [2.45, 2.75) is 6.92 Å². The molecule has 0 radical (unpaired) electrons. The van der Waals surface area contributed by atoms with Crippen molar-refractivity contribution in [1.82, 2.24) is 10.1 Å². The lowest BCUT2D eigenvalue weighted by atomic mass is 10.1. The lowest BCUT2D eigenvalue weighted by Crippen LogP contribution is -1.79. The Balaban J connectivity index is 2.36. The second-order valence-electron chi connectivity index (χ2n) is 3.90. The van der Waals surface area contributed by atoms with Crippen LogP contribution in [0.25, 0.3) is 22.2 Å². The Kier molecular flexibility index (Phi) is 1.95. The number of aromatic nitrogens is 2. The number of nitrogens with two attached hydrogens (primary N) is 1. The third-order valence-corrected chi connectivity index (χ3v) is 2.75. The normalized spacial score (nSPS) is 11.2. The number of aryl methyl sites for hydroxylation is 1. The number of nitrogens with one attached hydrogen (secondary N) is 1. The largest absolute Gasteiger partial charge is 0.368 e. The molecule has 5 heteroatoms. The summed E-state index contributed by atoms with van der Waals surface area (Å²) in [7, 11) is 0. The highest BCUT2D eigenvalue weighted by atomic mass is 19.1. The van der Waals surface area contributed by atoms with Gasteiger partial charge in [0.1, 0.15) is 11.5 Å². The molecule has 4 nitrogen and oxygen atoms in total. The van der Waals surface area contributed by atoms with Crippen LogP contribution in [0, 0.1) is 12.7 Å². The molecule has 3 rings (SSSR count). The third kappa shape index (κ3) is 1.39. The van der Waals surface area contributed by atoms with Crippen LogP contribution < -0.4 is 5.73 Å². The van der Waals surface area contributed by atoms with Crippen LogP contribution >= 0.6 is 0 Å². The van der Waals surface area contributed by atoms with E-state index >= 15 is 0 Å². The Labute approximate surface area is 96.2 Å². The van der Waals surface area contributed by atoms with Crippen molar-refractivity contribution in [2.75, 3.05) is 5.73 Å². The van der Waals surface area contributed by atoms with Crippen LogP contribution in [0.15, 0.2) is 28.8 Å². The molecule has 0 saturated carbocycles. The lowest BCUT2D eigenvalue weighted by Gasteiger charge is -1.95. The number of H-pyrrole nitrogens is 1. The molecule has 17 heavy (non-hydrogen) atoms. The van der Waals surface area contributed by atoms with Crippen LogP contribution in [0.1, 0.15) is 5.69 Å². The molecular weight excluding hydrogens is 221 g/mol. The fraction of sp³-hybridized carbons (Fsp3) is 0.0833. The first kappa shape index (κ1) is 9.89. The number of nitrogen functional groups attached to an aromatic ring is 1. The lowest BCUT2D eigenvalue weighted by molar-refractivity contribution is 0.439. The van der Waals surface area contributed by atoms with E-state index in [2.05, 4.69) is 10.1 Å². The first-order chi connectivity index (χ1) is 8.16. The minimum atomic E-state index is -0.284. The molecule has 1 aromatic carbocycles. The van der Waals surface area contributed by atoms with Crippen LogP contribution in [0.2, 0.25) is 0 Å². The summed E-state index contributed by atoms with van der Waals surface area (Å²) in [6.07, 6.45) is 0. The summed E-state index contributed by atoms with van der Waals surface area (Å²) in [6, 6.07) is 6.54. The van der Waals surface area contributed by atoms with Gasteiger partial charge in [-0.15, -0.1) is 0 Å². The second kappa shape index (κ2) is 3.35. The van der Waals surface area contributed by atoms with Gasteiger partial charge in [0.25, 0.3) is 0 Å². The average Bonchev–Trinajstić information content (AvgIpc) is 2.82. The maximum Gasteiger partial charge on any atom is 0.222 e. The summed E-state index contributed by atoms with van der Waals surface area (Å²) in [5.74, 6) is -0.0431. The number of hydrogen-bond donors (Lipinski definition) is 2. The van der Waals surface area contributed by atoms with E-state index in [9.17, 15) is 4.39 Å². The molecule has 0 atom stereocenters. The Morgan fingerprint density at radius 1 is 1.41 bits per heavy atom. The Hall–Kier alpha value is -2.30. The predicted molar refractivity (Wildman–Crippen MR) is 62.9 cm³/mol. The average molecular weight is 231 g/mol. The van der Waals surface area contributed by atoms with Crippen LogP contribution in [-0.4, -0.2) is 10.1 Å². The maximum absolute atomic E-state index is 13.6. The van der Waals surface area contributed by atoms with E-state index in [1.165, 1.54) is 6.07 Å². The van der Waals surface area contributed by atoms with E-state index in [0.29, 0.717) is 11.2 Å². The van der Waals surface area contributed by atoms with E-state index < -0.39 is 0 Å². The Bertz CT molecular complexity index is 699. The minimum absolute atomic E-state index is 0.241. The van der Waals surface area contributed by atoms with Crippen molar-refractivity contribution in [1.29, 1.82) is 0 Å². The van der Waals surface area contributed by atoms with Crippen molar-refractivity contribution >= 4 is 16.8 Å². The van der Waals surface area contributed by atoms with Gasteiger partial charge in [0, 0.05) is 22.7 Å². The number of fused-ring (bicyclic) bond motifs is 1.